The molecule has 0 aliphatic carbocycles. The summed E-state index contributed by atoms with van der Waals surface area (Å²) in [6.45, 7) is 13.2. The SMILES string of the molecule is Cc1cc(C(C)(C)C)ccc1OCCN1CCCCC1.O=C(O)C(=O)O. The number of carboxylic acid groups (broad SMARTS) is 2. The molecule has 0 spiro atoms. The van der Waals surface area contributed by atoms with Gasteiger partial charge in [0.05, 0.1) is 0 Å². The number of likely N-dealkylation sites (tertiary alicyclic amines) is 1. The Hall–Kier alpha value is -2.08. The Morgan fingerprint density at radius 1 is 1.08 bits per heavy atom. The molecule has 0 bridgehead atoms. The molecule has 1 saturated heterocycles. The van der Waals surface area contributed by atoms with Crippen LogP contribution in [0.25, 0.3) is 0 Å². The average molecular weight is 365 g/mol. The average Bonchev–Trinajstić information content (AvgIpc) is 2.57. The number of aliphatic carboxylic acids is 2. The van der Waals surface area contributed by atoms with Crippen molar-refractivity contribution in [3.05, 3.63) is 29.3 Å². The number of aryl methyl sites for hydroxylation is 1. The summed E-state index contributed by atoms with van der Waals surface area (Å²) >= 11 is 0. The van der Waals surface area contributed by atoms with Gasteiger partial charge in [-0.15, -0.1) is 0 Å². The van der Waals surface area contributed by atoms with Crippen LogP contribution in [0.15, 0.2) is 18.2 Å². The molecule has 6 heteroatoms. The molecular weight excluding hydrogens is 334 g/mol. The Labute approximate surface area is 155 Å². The standard InChI is InChI=1S/C18H29NO.C2H2O4/c1-15-14-16(18(2,3)4)8-9-17(15)20-13-12-19-10-6-5-7-11-19;3-1(4)2(5)6/h8-9,14H,5-7,10-13H2,1-4H3;(H,3,4)(H,5,6). The maximum atomic E-state index is 9.10. The molecule has 1 fully saturated rings. The minimum atomic E-state index is -1.82. The van der Waals surface area contributed by atoms with E-state index in [0.717, 1.165) is 18.9 Å². The Bertz CT molecular complexity index is 589. The summed E-state index contributed by atoms with van der Waals surface area (Å²) in [6.07, 6.45) is 4.09. The number of hydrogen-bond donors (Lipinski definition) is 2. The molecule has 146 valence electrons. The summed E-state index contributed by atoms with van der Waals surface area (Å²) < 4.78 is 5.97. The molecule has 0 radical (unpaired) electrons. The predicted octanol–water partition coefficient (Wildman–Crippen LogP) is 3.31. The maximum absolute atomic E-state index is 9.10. The first-order chi connectivity index (χ1) is 12.1. The minimum absolute atomic E-state index is 0.205. The third-order valence-electron chi connectivity index (χ3n) is 4.34. The number of carbonyl (C=O) groups is 2. The van der Waals surface area contributed by atoms with Crippen molar-refractivity contribution in [1.82, 2.24) is 4.90 Å². The molecule has 0 unspecified atom stereocenters. The zero-order valence-corrected chi connectivity index (χ0v) is 16.2. The van der Waals surface area contributed by atoms with E-state index in [0.29, 0.717) is 0 Å². The topological polar surface area (TPSA) is 87.1 Å². The number of ether oxygens (including phenoxy) is 1. The van der Waals surface area contributed by atoms with Gasteiger partial charge in [-0.1, -0.05) is 39.3 Å². The van der Waals surface area contributed by atoms with Gasteiger partial charge in [0.25, 0.3) is 0 Å². The fourth-order valence-electron chi connectivity index (χ4n) is 2.75. The lowest BCUT2D eigenvalue weighted by Crippen LogP contribution is -2.33. The second-order valence-electron chi connectivity index (χ2n) is 7.59. The van der Waals surface area contributed by atoms with Crippen molar-refractivity contribution in [2.45, 2.75) is 52.4 Å². The lowest BCUT2D eigenvalue weighted by molar-refractivity contribution is -0.159. The Kier molecular flexibility index (Phi) is 8.58. The third kappa shape index (κ3) is 7.87. The van der Waals surface area contributed by atoms with E-state index >= 15 is 0 Å². The zero-order valence-electron chi connectivity index (χ0n) is 16.2. The molecule has 1 heterocycles. The smallest absolute Gasteiger partial charge is 0.414 e. The molecule has 26 heavy (non-hydrogen) atoms. The highest BCUT2D eigenvalue weighted by molar-refractivity contribution is 6.27. The quantitative estimate of drug-likeness (QED) is 0.796. The lowest BCUT2D eigenvalue weighted by Gasteiger charge is -2.26. The minimum Gasteiger partial charge on any atom is -0.492 e. The van der Waals surface area contributed by atoms with Crippen molar-refractivity contribution in [1.29, 1.82) is 0 Å². The van der Waals surface area contributed by atoms with E-state index in [2.05, 4.69) is 50.8 Å². The molecule has 1 aliphatic rings. The number of nitrogens with zero attached hydrogens (tertiary/aromatic N) is 1. The highest BCUT2D eigenvalue weighted by Crippen LogP contribution is 2.27. The Morgan fingerprint density at radius 2 is 1.65 bits per heavy atom. The van der Waals surface area contributed by atoms with E-state index in [4.69, 9.17) is 24.5 Å². The molecule has 2 rings (SSSR count). The van der Waals surface area contributed by atoms with Gasteiger partial charge in [-0.25, -0.2) is 9.59 Å². The van der Waals surface area contributed by atoms with E-state index in [1.165, 1.54) is 43.5 Å². The number of carboxylic acids is 2. The van der Waals surface area contributed by atoms with E-state index in [1.54, 1.807) is 0 Å². The van der Waals surface area contributed by atoms with E-state index in [9.17, 15) is 0 Å². The van der Waals surface area contributed by atoms with E-state index in [-0.39, 0.29) is 5.41 Å². The largest absolute Gasteiger partial charge is 0.492 e. The van der Waals surface area contributed by atoms with Gasteiger partial charge in [-0.2, -0.15) is 0 Å². The molecule has 6 nitrogen and oxygen atoms in total. The van der Waals surface area contributed by atoms with Crippen LogP contribution in [-0.4, -0.2) is 53.3 Å². The summed E-state index contributed by atoms with van der Waals surface area (Å²) in [5.41, 5.74) is 2.83. The monoisotopic (exact) mass is 365 g/mol. The third-order valence-corrected chi connectivity index (χ3v) is 4.34. The van der Waals surface area contributed by atoms with Gasteiger partial charge in [0.1, 0.15) is 12.4 Å². The summed E-state index contributed by atoms with van der Waals surface area (Å²) in [4.78, 5) is 20.7. The second-order valence-corrected chi connectivity index (χ2v) is 7.59. The van der Waals surface area contributed by atoms with Crippen molar-refractivity contribution in [2.24, 2.45) is 0 Å². The first-order valence-corrected chi connectivity index (χ1v) is 9.03. The van der Waals surface area contributed by atoms with Gasteiger partial charge < -0.3 is 14.9 Å². The molecule has 1 aliphatic heterocycles. The zero-order chi connectivity index (χ0) is 19.7. The molecule has 0 atom stereocenters. The summed E-state index contributed by atoms with van der Waals surface area (Å²) in [5, 5.41) is 14.8. The van der Waals surface area contributed by atoms with Crippen LogP contribution < -0.4 is 4.74 Å². The van der Waals surface area contributed by atoms with Crippen LogP contribution >= 0.6 is 0 Å². The molecule has 0 aromatic heterocycles. The van der Waals surface area contributed by atoms with Crippen LogP contribution in [0.3, 0.4) is 0 Å². The fraction of sp³-hybridized carbons (Fsp3) is 0.600. The summed E-state index contributed by atoms with van der Waals surface area (Å²) in [7, 11) is 0. The summed E-state index contributed by atoms with van der Waals surface area (Å²) in [5.74, 6) is -2.61. The fourth-order valence-corrected chi connectivity index (χ4v) is 2.75. The molecule has 1 aromatic carbocycles. The van der Waals surface area contributed by atoms with Gasteiger partial charge in [-0.3, -0.25) is 4.90 Å². The van der Waals surface area contributed by atoms with Gasteiger partial charge in [0.2, 0.25) is 0 Å². The maximum Gasteiger partial charge on any atom is 0.414 e. The van der Waals surface area contributed by atoms with Crippen molar-refractivity contribution >= 4 is 11.9 Å². The second kappa shape index (κ2) is 10.2. The molecule has 1 aromatic rings. The van der Waals surface area contributed by atoms with Crippen LogP contribution in [0.2, 0.25) is 0 Å². The van der Waals surface area contributed by atoms with Gasteiger partial charge >= 0.3 is 11.9 Å². The van der Waals surface area contributed by atoms with Gasteiger partial charge in [-0.05, 0) is 55.5 Å². The number of hydrogen-bond acceptors (Lipinski definition) is 4. The van der Waals surface area contributed by atoms with Crippen molar-refractivity contribution < 1.29 is 24.5 Å². The normalized spacial score (nSPS) is 14.9. The van der Waals surface area contributed by atoms with Crippen LogP contribution in [0.1, 0.15) is 51.2 Å². The molecular formula is C20H31NO5. The lowest BCUT2D eigenvalue weighted by atomic mass is 9.86. The number of piperidine rings is 1. The Balaban J connectivity index is 0.000000487. The molecule has 0 saturated carbocycles. The number of rotatable bonds is 4. The van der Waals surface area contributed by atoms with E-state index < -0.39 is 11.9 Å². The summed E-state index contributed by atoms with van der Waals surface area (Å²) in [6, 6.07) is 6.59. The van der Waals surface area contributed by atoms with Crippen LogP contribution in [0.4, 0.5) is 0 Å². The van der Waals surface area contributed by atoms with Crippen molar-refractivity contribution in [3.8, 4) is 5.75 Å². The predicted molar refractivity (Wildman–Crippen MR) is 101 cm³/mol. The van der Waals surface area contributed by atoms with Gasteiger partial charge in [0, 0.05) is 6.54 Å². The van der Waals surface area contributed by atoms with Gasteiger partial charge in [0.15, 0.2) is 0 Å². The van der Waals surface area contributed by atoms with E-state index in [1.807, 2.05) is 0 Å². The van der Waals surface area contributed by atoms with Crippen LogP contribution in [-0.2, 0) is 15.0 Å². The first kappa shape index (κ1) is 22.0. The van der Waals surface area contributed by atoms with Crippen molar-refractivity contribution in [3.63, 3.8) is 0 Å². The first-order valence-electron chi connectivity index (χ1n) is 9.03. The number of benzene rings is 1. The highest BCUT2D eigenvalue weighted by Gasteiger charge is 2.15. The highest BCUT2D eigenvalue weighted by atomic mass is 16.5. The Morgan fingerprint density at radius 3 is 2.12 bits per heavy atom. The van der Waals surface area contributed by atoms with Crippen LogP contribution in [0.5, 0.6) is 5.75 Å². The van der Waals surface area contributed by atoms with Crippen molar-refractivity contribution in [2.75, 3.05) is 26.2 Å². The molecule has 0 amide bonds. The van der Waals surface area contributed by atoms with Crippen LogP contribution in [0, 0.1) is 6.92 Å². The molecule has 2 N–H and O–H groups in total.